The molecule has 2 rings (SSSR count). The zero-order valence-electron chi connectivity index (χ0n) is 16.3. The van der Waals surface area contributed by atoms with Gasteiger partial charge in [0.05, 0.1) is 17.0 Å². The number of hydrogen-bond acceptors (Lipinski definition) is 5. The van der Waals surface area contributed by atoms with Crippen LogP contribution in [0.25, 0.3) is 0 Å². The highest BCUT2D eigenvalue weighted by Gasteiger charge is 2.30. The summed E-state index contributed by atoms with van der Waals surface area (Å²) in [5.41, 5.74) is -0.863. The normalized spacial score (nSPS) is 11.9. The molecule has 0 aromatic heterocycles. The van der Waals surface area contributed by atoms with Gasteiger partial charge >= 0.3 is 6.18 Å². The van der Waals surface area contributed by atoms with E-state index in [9.17, 15) is 26.4 Å². The summed E-state index contributed by atoms with van der Waals surface area (Å²) in [6, 6.07) is 10.1. The lowest BCUT2D eigenvalue weighted by molar-refractivity contribution is -0.137. The zero-order chi connectivity index (χ0) is 22.4. The molecular weight excluding hydrogens is 425 g/mol. The van der Waals surface area contributed by atoms with Gasteiger partial charge in [-0.1, -0.05) is 6.07 Å². The quantitative estimate of drug-likeness (QED) is 0.599. The summed E-state index contributed by atoms with van der Waals surface area (Å²) in [5.74, 6) is -0.172. The molecule has 0 bridgehead atoms. The van der Waals surface area contributed by atoms with Crippen molar-refractivity contribution in [2.24, 2.45) is 0 Å². The topological polar surface area (TPSA) is 84.9 Å². The Bertz CT molecular complexity index is 961. The predicted octanol–water partition coefficient (Wildman–Crippen LogP) is 2.53. The van der Waals surface area contributed by atoms with Gasteiger partial charge in [-0.05, 0) is 42.5 Å². The largest absolute Gasteiger partial charge is 0.492 e. The maximum atomic E-state index is 12.6. The zero-order valence-corrected chi connectivity index (χ0v) is 17.1. The van der Waals surface area contributed by atoms with Crippen LogP contribution in [0.5, 0.6) is 11.5 Å². The van der Waals surface area contributed by atoms with Crippen LogP contribution in [0, 0.1) is 0 Å². The van der Waals surface area contributed by atoms with E-state index >= 15 is 0 Å². The van der Waals surface area contributed by atoms with Crippen molar-refractivity contribution in [1.82, 2.24) is 9.62 Å². The number of carbonyl (C=O) groups excluding carboxylic acids is 1. The Hall–Kier alpha value is -2.79. The number of halogens is 3. The lowest BCUT2D eigenvalue weighted by atomic mass is 10.2. The molecule has 11 heteroatoms. The number of benzene rings is 2. The molecule has 0 aliphatic rings. The SMILES string of the molecule is CN(C)S(=O)(=O)c1ccc(OCCNC(=O)COc2cccc(C(F)(F)F)c2)cc1. The third-order valence-electron chi connectivity index (χ3n) is 3.83. The summed E-state index contributed by atoms with van der Waals surface area (Å²) in [6.07, 6.45) is -4.49. The molecule has 1 N–H and O–H groups in total. The highest BCUT2D eigenvalue weighted by molar-refractivity contribution is 7.89. The highest BCUT2D eigenvalue weighted by Crippen LogP contribution is 2.31. The van der Waals surface area contributed by atoms with E-state index in [1.165, 1.54) is 50.5 Å². The third kappa shape index (κ3) is 6.63. The fraction of sp³-hybridized carbons (Fsp3) is 0.316. The van der Waals surface area contributed by atoms with Crippen LogP contribution in [0.2, 0.25) is 0 Å². The molecule has 0 heterocycles. The number of nitrogens with one attached hydrogen (secondary N) is 1. The van der Waals surface area contributed by atoms with Crippen molar-refractivity contribution in [1.29, 1.82) is 0 Å². The molecule has 0 radical (unpaired) electrons. The van der Waals surface area contributed by atoms with Crippen molar-refractivity contribution in [3.63, 3.8) is 0 Å². The van der Waals surface area contributed by atoms with Gasteiger partial charge in [-0.2, -0.15) is 13.2 Å². The van der Waals surface area contributed by atoms with Crippen LogP contribution in [0.4, 0.5) is 13.2 Å². The Kier molecular flexibility index (Phi) is 7.68. The van der Waals surface area contributed by atoms with Gasteiger partial charge in [0.25, 0.3) is 5.91 Å². The van der Waals surface area contributed by atoms with Gasteiger partial charge in [0, 0.05) is 14.1 Å². The first-order chi connectivity index (χ1) is 14.0. The summed E-state index contributed by atoms with van der Waals surface area (Å²) < 4.78 is 73.5. The van der Waals surface area contributed by atoms with Crippen LogP contribution < -0.4 is 14.8 Å². The van der Waals surface area contributed by atoms with E-state index < -0.39 is 34.3 Å². The Morgan fingerprint density at radius 2 is 1.70 bits per heavy atom. The van der Waals surface area contributed by atoms with Crippen molar-refractivity contribution in [3.05, 3.63) is 54.1 Å². The molecule has 0 aliphatic carbocycles. The molecule has 0 saturated carbocycles. The van der Waals surface area contributed by atoms with Crippen molar-refractivity contribution in [3.8, 4) is 11.5 Å². The first-order valence-corrected chi connectivity index (χ1v) is 10.2. The number of alkyl halides is 3. The lowest BCUT2D eigenvalue weighted by Crippen LogP contribution is -2.32. The van der Waals surface area contributed by atoms with Gasteiger partial charge in [-0.25, -0.2) is 12.7 Å². The highest BCUT2D eigenvalue weighted by atomic mass is 32.2. The molecule has 164 valence electrons. The molecular formula is C19H21F3N2O5S. The van der Waals surface area contributed by atoms with E-state index in [2.05, 4.69) is 5.32 Å². The van der Waals surface area contributed by atoms with Gasteiger partial charge in [0.15, 0.2) is 6.61 Å². The molecule has 0 unspecified atom stereocenters. The predicted molar refractivity (Wildman–Crippen MR) is 103 cm³/mol. The molecule has 0 saturated heterocycles. The number of rotatable bonds is 9. The first-order valence-electron chi connectivity index (χ1n) is 8.72. The van der Waals surface area contributed by atoms with Crippen LogP contribution >= 0.6 is 0 Å². The number of sulfonamides is 1. The Morgan fingerprint density at radius 3 is 2.30 bits per heavy atom. The van der Waals surface area contributed by atoms with Crippen LogP contribution in [0.15, 0.2) is 53.4 Å². The molecule has 30 heavy (non-hydrogen) atoms. The summed E-state index contributed by atoms with van der Waals surface area (Å²) >= 11 is 0. The van der Waals surface area contributed by atoms with E-state index in [0.29, 0.717) is 5.75 Å². The van der Waals surface area contributed by atoms with Gasteiger partial charge in [0.1, 0.15) is 18.1 Å². The molecule has 0 atom stereocenters. The Balaban J connectivity index is 1.74. The van der Waals surface area contributed by atoms with Crippen molar-refractivity contribution >= 4 is 15.9 Å². The van der Waals surface area contributed by atoms with E-state index in [4.69, 9.17) is 9.47 Å². The molecule has 7 nitrogen and oxygen atoms in total. The van der Waals surface area contributed by atoms with Crippen LogP contribution in [-0.4, -0.2) is 52.5 Å². The van der Waals surface area contributed by atoms with Gasteiger partial charge in [-0.15, -0.1) is 0 Å². The van der Waals surface area contributed by atoms with E-state index in [1.807, 2.05) is 0 Å². The summed E-state index contributed by atoms with van der Waals surface area (Å²) in [5, 5.41) is 2.50. The molecule has 2 aromatic carbocycles. The second-order valence-electron chi connectivity index (χ2n) is 6.27. The number of hydrogen-bond donors (Lipinski definition) is 1. The number of amides is 1. The van der Waals surface area contributed by atoms with Gasteiger partial charge in [0.2, 0.25) is 10.0 Å². The van der Waals surface area contributed by atoms with Crippen LogP contribution in [-0.2, 0) is 21.0 Å². The van der Waals surface area contributed by atoms with Crippen molar-refractivity contribution in [2.75, 3.05) is 33.9 Å². The smallest absolute Gasteiger partial charge is 0.416 e. The van der Waals surface area contributed by atoms with E-state index in [-0.39, 0.29) is 23.8 Å². The van der Waals surface area contributed by atoms with Gasteiger partial charge in [-0.3, -0.25) is 4.79 Å². The third-order valence-corrected chi connectivity index (χ3v) is 5.66. The number of ether oxygens (including phenoxy) is 2. The summed E-state index contributed by atoms with van der Waals surface area (Å²) in [6.45, 7) is -0.212. The van der Waals surface area contributed by atoms with Gasteiger partial charge < -0.3 is 14.8 Å². The van der Waals surface area contributed by atoms with Crippen molar-refractivity contribution < 1.29 is 35.9 Å². The van der Waals surface area contributed by atoms with E-state index in [1.54, 1.807) is 0 Å². The molecule has 0 fully saturated rings. The monoisotopic (exact) mass is 446 g/mol. The Morgan fingerprint density at radius 1 is 1.03 bits per heavy atom. The standard InChI is InChI=1S/C19H21F3N2O5S/c1-24(2)30(26,27)17-8-6-15(7-9-17)28-11-10-23-18(25)13-29-16-5-3-4-14(12-16)19(20,21)22/h3-9,12H,10-11,13H2,1-2H3,(H,23,25). The van der Waals surface area contributed by atoms with Crippen LogP contribution in [0.1, 0.15) is 5.56 Å². The van der Waals surface area contributed by atoms with E-state index in [0.717, 1.165) is 16.4 Å². The lowest BCUT2D eigenvalue weighted by Gasteiger charge is -2.12. The minimum Gasteiger partial charge on any atom is -0.492 e. The number of carbonyl (C=O) groups is 1. The number of nitrogens with zero attached hydrogens (tertiary/aromatic N) is 1. The molecule has 0 spiro atoms. The van der Waals surface area contributed by atoms with Crippen LogP contribution in [0.3, 0.4) is 0 Å². The maximum Gasteiger partial charge on any atom is 0.416 e. The minimum absolute atomic E-state index is 0.0657. The molecule has 1 amide bonds. The minimum atomic E-state index is -4.49. The molecule has 0 aliphatic heterocycles. The average Bonchev–Trinajstić information content (AvgIpc) is 2.69. The fourth-order valence-electron chi connectivity index (χ4n) is 2.24. The molecule has 2 aromatic rings. The summed E-state index contributed by atoms with van der Waals surface area (Å²) in [4.78, 5) is 11.9. The summed E-state index contributed by atoms with van der Waals surface area (Å²) in [7, 11) is -0.666. The fourth-order valence-corrected chi connectivity index (χ4v) is 3.14. The maximum absolute atomic E-state index is 12.6. The Labute approximate surface area is 172 Å². The average molecular weight is 446 g/mol. The second-order valence-corrected chi connectivity index (χ2v) is 8.42. The van der Waals surface area contributed by atoms with Crippen molar-refractivity contribution in [2.45, 2.75) is 11.1 Å². The second kappa shape index (κ2) is 9.81. The first kappa shape index (κ1) is 23.5.